The van der Waals surface area contributed by atoms with Crippen LogP contribution in [0.3, 0.4) is 0 Å². The van der Waals surface area contributed by atoms with Crippen molar-refractivity contribution in [2.45, 2.75) is 25.3 Å². The molecule has 0 saturated heterocycles. The predicted octanol–water partition coefficient (Wildman–Crippen LogP) is 1.90. The molecule has 0 spiro atoms. The van der Waals surface area contributed by atoms with Crippen LogP contribution in [0.5, 0.6) is 11.5 Å². The van der Waals surface area contributed by atoms with E-state index in [0.29, 0.717) is 0 Å². The Morgan fingerprint density at radius 1 is 1.29 bits per heavy atom. The molecule has 1 fully saturated rings. The molecule has 0 heterocycles. The van der Waals surface area contributed by atoms with Crippen molar-refractivity contribution >= 4 is 0 Å². The maximum atomic E-state index is 9.29. The Morgan fingerprint density at radius 2 is 2.00 bits per heavy atom. The first kappa shape index (κ1) is 9.34. The second-order valence-electron chi connectivity index (χ2n) is 4.03. The molecule has 0 amide bonds. The molecule has 0 aromatic heterocycles. The Balaban J connectivity index is 2.10. The van der Waals surface area contributed by atoms with E-state index in [1.165, 1.54) is 18.9 Å². The summed E-state index contributed by atoms with van der Waals surface area (Å²) in [6.45, 7) is 0. The van der Waals surface area contributed by atoms with Crippen molar-refractivity contribution < 1.29 is 10.2 Å². The van der Waals surface area contributed by atoms with E-state index in [2.05, 4.69) is 0 Å². The van der Waals surface area contributed by atoms with E-state index < -0.39 is 0 Å². The lowest BCUT2D eigenvalue weighted by molar-refractivity contribution is 0.402. The maximum Gasteiger partial charge on any atom is 0.157 e. The highest BCUT2D eigenvalue weighted by molar-refractivity contribution is 5.41. The Hall–Kier alpha value is -1.22. The van der Waals surface area contributed by atoms with Gasteiger partial charge in [-0.1, -0.05) is 18.9 Å². The number of phenols is 2. The molecule has 1 atom stereocenters. The average molecular weight is 193 g/mol. The lowest BCUT2D eigenvalue weighted by atomic mass is 10.0. The zero-order valence-electron chi connectivity index (χ0n) is 7.98. The van der Waals surface area contributed by atoms with Crippen LogP contribution in [0, 0.1) is 5.92 Å². The molecule has 3 nitrogen and oxygen atoms in total. The summed E-state index contributed by atoms with van der Waals surface area (Å²) >= 11 is 0. The molecule has 76 valence electrons. The van der Waals surface area contributed by atoms with Gasteiger partial charge < -0.3 is 15.9 Å². The van der Waals surface area contributed by atoms with E-state index in [4.69, 9.17) is 10.8 Å². The Morgan fingerprint density at radius 3 is 2.57 bits per heavy atom. The first-order valence-electron chi connectivity index (χ1n) is 4.94. The SMILES string of the molecule is N[C@H](CC1CC1)c1ccc(O)c(O)c1. The zero-order valence-corrected chi connectivity index (χ0v) is 7.98. The van der Waals surface area contributed by atoms with E-state index in [0.717, 1.165) is 17.9 Å². The van der Waals surface area contributed by atoms with Crippen LogP contribution < -0.4 is 5.73 Å². The first-order chi connectivity index (χ1) is 6.66. The Labute approximate surface area is 83.2 Å². The molecule has 0 radical (unpaired) electrons. The standard InChI is InChI=1S/C11H15NO2/c12-9(5-7-1-2-7)8-3-4-10(13)11(14)6-8/h3-4,6-7,9,13-14H,1-2,5,12H2/t9-/m1/s1. The smallest absolute Gasteiger partial charge is 0.157 e. The number of nitrogens with two attached hydrogens (primary N) is 1. The van der Waals surface area contributed by atoms with E-state index in [-0.39, 0.29) is 17.5 Å². The van der Waals surface area contributed by atoms with Gasteiger partial charge in [0.05, 0.1) is 0 Å². The van der Waals surface area contributed by atoms with Gasteiger partial charge in [-0.25, -0.2) is 0 Å². The van der Waals surface area contributed by atoms with Gasteiger partial charge in [0.2, 0.25) is 0 Å². The van der Waals surface area contributed by atoms with E-state index >= 15 is 0 Å². The molecule has 3 heteroatoms. The van der Waals surface area contributed by atoms with Gasteiger partial charge in [-0.2, -0.15) is 0 Å². The summed E-state index contributed by atoms with van der Waals surface area (Å²) in [7, 11) is 0. The predicted molar refractivity (Wildman–Crippen MR) is 54.0 cm³/mol. The molecule has 4 N–H and O–H groups in total. The van der Waals surface area contributed by atoms with Gasteiger partial charge in [0.25, 0.3) is 0 Å². The van der Waals surface area contributed by atoms with Gasteiger partial charge in [0.15, 0.2) is 11.5 Å². The molecule has 1 aromatic rings. The lowest BCUT2D eigenvalue weighted by Crippen LogP contribution is -2.10. The van der Waals surface area contributed by atoms with Crippen LogP contribution in [0.4, 0.5) is 0 Å². The van der Waals surface area contributed by atoms with E-state index in [9.17, 15) is 5.11 Å². The zero-order chi connectivity index (χ0) is 10.1. The summed E-state index contributed by atoms with van der Waals surface area (Å²) in [5.41, 5.74) is 6.86. The monoisotopic (exact) mass is 193 g/mol. The molecule has 1 aromatic carbocycles. The van der Waals surface area contributed by atoms with Crippen LogP contribution in [0.25, 0.3) is 0 Å². The Bertz CT molecular complexity index is 334. The minimum Gasteiger partial charge on any atom is -0.504 e. The summed E-state index contributed by atoms with van der Waals surface area (Å²) < 4.78 is 0. The van der Waals surface area contributed by atoms with Crippen molar-refractivity contribution in [1.82, 2.24) is 0 Å². The number of hydrogen-bond acceptors (Lipinski definition) is 3. The number of aromatic hydroxyl groups is 2. The topological polar surface area (TPSA) is 66.5 Å². The van der Waals surface area contributed by atoms with E-state index in [1.54, 1.807) is 12.1 Å². The van der Waals surface area contributed by atoms with Crippen molar-refractivity contribution in [3.63, 3.8) is 0 Å². The lowest BCUT2D eigenvalue weighted by Gasteiger charge is -2.11. The van der Waals surface area contributed by atoms with Crippen LogP contribution in [-0.4, -0.2) is 10.2 Å². The molecule has 1 aliphatic rings. The molecule has 0 bridgehead atoms. The summed E-state index contributed by atoms with van der Waals surface area (Å²) in [5, 5.41) is 18.4. The third-order valence-electron chi connectivity index (χ3n) is 2.71. The fraction of sp³-hybridized carbons (Fsp3) is 0.455. The summed E-state index contributed by atoms with van der Waals surface area (Å²) in [5.74, 6) is 0.585. The van der Waals surface area contributed by atoms with Crippen LogP contribution in [0.1, 0.15) is 30.9 Å². The highest BCUT2D eigenvalue weighted by Gasteiger charge is 2.24. The van der Waals surface area contributed by atoms with Crippen LogP contribution in [-0.2, 0) is 0 Å². The fourth-order valence-electron chi connectivity index (χ4n) is 1.62. The third-order valence-corrected chi connectivity index (χ3v) is 2.71. The maximum absolute atomic E-state index is 9.29. The van der Waals surface area contributed by atoms with Crippen LogP contribution in [0.15, 0.2) is 18.2 Å². The van der Waals surface area contributed by atoms with Crippen molar-refractivity contribution in [3.8, 4) is 11.5 Å². The second-order valence-corrected chi connectivity index (χ2v) is 4.03. The Kier molecular flexibility index (Phi) is 2.33. The highest BCUT2D eigenvalue weighted by atomic mass is 16.3. The minimum atomic E-state index is -0.0904. The quantitative estimate of drug-likeness (QED) is 0.642. The van der Waals surface area contributed by atoms with Gasteiger partial charge in [0.1, 0.15) is 0 Å². The molecule has 0 unspecified atom stereocenters. The fourth-order valence-corrected chi connectivity index (χ4v) is 1.62. The third kappa shape index (κ3) is 1.99. The minimum absolute atomic E-state index is 0.0194. The van der Waals surface area contributed by atoms with Crippen molar-refractivity contribution in [2.75, 3.05) is 0 Å². The van der Waals surface area contributed by atoms with Gasteiger partial charge in [-0.15, -0.1) is 0 Å². The normalized spacial score (nSPS) is 18.1. The number of benzene rings is 1. The van der Waals surface area contributed by atoms with Crippen LogP contribution >= 0.6 is 0 Å². The molecular weight excluding hydrogens is 178 g/mol. The molecule has 1 saturated carbocycles. The summed E-state index contributed by atoms with van der Waals surface area (Å²) in [6.07, 6.45) is 3.53. The van der Waals surface area contributed by atoms with Crippen LogP contribution in [0.2, 0.25) is 0 Å². The average Bonchev–Trinajstić information content (AvgIpc) is 2.93. The van der Waals surface area contributed by atoms with Crippen molar-refractivity contribution in [1.29, 1.82) is 0 Å². The molecular formula is C11H15NO2. The molecule has 2 rings (SSSR count). The number of phenolic OH excluding ortho intramolecular Hbond substituents is 2. The molecule has 0 aliphatic heterocycles. The van der Waals surface area contributed by atoms with Gasteiger partial charge >= 0.3 is 0 Å². The van der Waals surface area contributed by atoms with Gasteiger partial charge in [-0.3, -0.25) is 0 Å². The summed E-state index contributed by atoms with van der Waals surface area (Å²) in [6, 6.07) is 4.77. The van der Waals surface area contributed by atoms with Gasteiger partial charge in [0, 0.05) is 6.04 Å². The van der Waals surface area contributed by atoms with Crippen molar-refractivity contribution in [3.05, 3.63) is 23.8 Å². The van der Waals surface area contributed by atoms with Crippen molar-refractivity contribution in [2.24, 2.45) is 11.7 Å². The largest absolute Gasteiger partial charge is 0.504 e. The molecule has 14 heavy (non-hydrogen) atoms. The summed E-state index contributed by atoms with van der Waals surface area (Å²) in [4.78, 5) is 0. The first-order valence-corrected chi connectivity index (χ1v) is 4.94. The number of rotatable bonds is 3. The molecule has 1 aliphatic carbocycles. The van der Waals surface area contributed by atoms with E-state index in [1.807, 2.05) is 0 Å². The second kappa shape index (κ2) is 3.50. The highest BCUT2D eigenvalue weighted by Crippen LogP contribution is 2.37. The van der Waals surface area contributed by atoms with Gasteiger partial charge in [-0.05, 0) is 30.0 Å². The number of hydrogen-bond donors (Lipinski definition) is 3.